The van der Waals surface area contributed by atoms with E-state index in [1.165, 1.54) is 35.5 Å². The van der Waals surface area contributed by atoms with E-state index in [0.29, 0.717) is 28.9 Å². The standard InChI is InChI=1S/C20H26N10O5S3/c1-3-4-29-10(22)5-9(21)24-20(29)37-7-8-6-36-17-12(16(32)30(17)13(8)18(33)34)25-15(31)11(27-35-2)14-26-19(23)38-28-14/h5,10,12,17H,3-4,6-7,21-22H2,1-2H3,(H,25,31)(H,33,34)(H2,23,26,28)/b27-11-/t10?,12?,17-/m0/s1. The predicted octanol–water partition coefficient (Wildman–Crippen LogP) is -0.891. The second kappa shape index (κ2) is 11.6. The van der Waals surface area contributed by atoms with Crippen LogP contribution in [0, 0.1) is 0 Å². The summed E-state index contributed by atoms with van der Waals surface area (Å²) in [6, 6.07) is -0.972. The fraction of sp³-hybridized carbons (Fsp3) is 0.450. The minimum Gasteiger partial charge on any atom is -0.477 e. The quantitative estimate of drug-likeness (QED) is 0.135. The van der Waals surface area contributed by atoms with Gasteiger partial charge in [-0.1, -0.05) is 23.8 Å². The molecule has 0 bridgehead atoms. The number of aliphatic imine (C=N–C) groups is 1. The number of nitrogen functional groups attached to an aromatic ring is 1. The fourth-order valence-corrected chi connectivity index (χ4v) is 6.97. The van der Waals surface area contributed by atoms with Crippen LogP contribution in [0.1, 0.15) is 19.2 Å². The molecule has 3 atom stereocenters. The smallest absolute Gasteiger partial charge is 0.352 e. The van der Waals surface area contributed by atoms with Crippen LogP contribution in [-0.2, 0) is 19.2 Å². The van der Waals surface area contributed by atoms with Crippen molar-refractivity contribution in [2.75, 3.05) is 30.9 Å². The van der Waals surface area contributed by atoms with Gasteiger partial charge in [-0.15, -0.1) is 11.8 Å². The molecule has 0 aromatic carbocycles. The molecule has 1 aromatic heterocycles. The van der Waals surface area contributed by atoms with Crippen LogP contribution >= 0.6 is 35.1 Å². The number of nitrogens with one attached hydrogen (secondary N) is 1. The lowest BCUT2D eigenvalue weighted by atomic mass is 10.0. The number of hydrogen-bond donors (Lipinski definition) is 5. The highest BCUT2D eigenvalue weighted by Gasteiger charge is 2.54. The highest BCUT2D eigenvalue weighted by atomic mass is 32.2. The number of fused-ring (bicyclic) bond motifs is 1. The Kier molecular flexibility index (Phi) is 8.44. The lowest BCUT2D eigenvalue weighted by Crippen LogP contribution is -2.71. The molecule has 3 aliphatic heterocycles. The van der Waals surface area contributed by atoms with E-state index in [1.807, 2.05) is 11.8 Å². The maximum Gasteiger partial charge on any atom is 0.352 e. The third-order valence-corrected chi connectivity index (χ3v) is 8.56. The van der Waals surface area contributed by atoms with E-state index in [1.54, 1.807) is 6.08 Å². The molecule has 1 fully saturated rings. The topological polar surface area (TPSA) is 228 Å². The van der Waals surface area contributed by atoms with Crippen LogP contribution in [-0.4, -0.2) is 95.7 Å². The Labute approximate surface area is 229 Å². The van der Waals surface area contributed by atoms with Crippen molar-refractivity contribution in [3.05, 3.63) is 29.0 Å². The zero-order valence-corrected chi connectivity index (χ0v) is 22.8. The summed E-state index contributed by atoms with van der Waals surface area (Å²) < 4.78 is 3.95. The molecule has 0 saturated carbocycles. The van der Waals surface area contributed by atoms with Crippen LogP contribution in [0.25, 0.3) is 0 Å². The molecule has 4 rings (SSSR count). The summed E-state index contributed by atoms with van der Waals surface area (Å²) in [6.45, 7) is 2.67. The second-order valence-electron chi connectivity index (χ2n) is 8.16. The van der Waals surface area contributed by atoms with Crippen molar-refractivity contribution in [1.82, 2.24) is 24.5 Å². The van der Waals surface area contributed by atoms with Crippen LogP contribution in [0.5, 0.6) is 0 Å². The Morgan fingerprint density at radius 3 is 2.79 bits per heavy atom. The monoisotopic (exact) mass is 582 g/mol. The van der Waals surface area contributed by atoms with Gasteiger partial charge >= 0.3 is 5.97 Å². The third-order valence-electron chi connectivity index (χ3n) is 5.60. The summed E-state index contributed by atoms with van der Waals surface area (Å²) in [5.74, 6) is -1.70. The molecule has 18 heteroatoms. The summed E-state index contributed by atoms with van der Waals surface area (Å²) in [4.78, 5) is 54.2. The van der Waals surface area contributed by atoms with Gasteiger partial charge in [-0.2, -0.15) is 9.36 Å². The van der Waals surface area contributed by atoms with Gasteiger partial charge in [0.15, 0.2) is 10.3 Å². The van der Waals surface area contributed by atoms with E-state index in [4.69, 9.17) is 22.0 Å². The lowest BCUT2D eigenvalue weighted by molar-refractivity contribution is -0.150. The van der Waals surface area contributed by atoms with Crippen molar-refractivity contribution in [3.63, 3.8) is 0 Å². The van der Waals surface area contributed by atoms with E-state index in [9.17, 15) is 19.5 Å². The number of oxime groups is 1. The number of amidine groups is 1. The first-order chi connectivity index (χ1) is 18.2. The van der Waals surface area contributed by atoms with Gasteiger partial charge in [0.25, 0.3) is 11.8 Å². The number of carboxylic acid groups (broad SMARTS) is 1. The van der Waals surface area contributed by atoms with E-state index in [-0.39, 0.29) is 28.1 Å². The van der Waals surface area contributed by atoms with Gasteiger partial charge in [-0.3, -0.25) is 14.5 Å². The number of amides is 2. The average molecular weight is 583 g/mol. The molecule has 4 heterocycles. The molecule has 1 saturated heterocycles. The average Bonchev–Trinajstić information content (AvgIpc) is 3.31. The number of aliphatic carboxylic acids is 1. The van der Waals surface area contributed by atoms with Crippen molar-refractivity contribution >= 4 is 68.9 Å². The van der Waals surface area contributed by atoms with Crippen molar-refractivity contribution in [1.29, 1.82) is 0 Å². The Morgan fingerprint density at radius 2 is 2.16 bits per heavy atom. The fourth-order valence-electron chi connectivity index (χ4n) is 3.97. The summed E-state index contributed by atoms with van der Waals surface area (Å²) >= 11 is 3.52. The number of β-lactam (4-membered cyclic amide) rings is 1. The summed E-state index contributed by atoms with van der Waals surface area (Å²) in [5, 5.41) is 16.3. The predicted molar refractivity (Wildman–Crippen MR) is 145 cm³/mol. The minimum atomic E-state index is -1.24. The zero-order valence-electron chi connectivity index (χ0n) is 20.4. The maximum atomic E-state index is 13.0. The first-order valence-electron chi connectivity index (χ1n) is 11.3. The number of carboxylic acids is 1. The Hall–Kier alpha value is -3.35. The zero-order chi connectivity index (χ0) is 27.6. The van der Waals surface area contributed by atoms with Gasteiger partial charge < -0.3 is 37.4 Å². The number of nitrogens with two attached hydrogens (primary N) is 3. The second-order valence-corrected chi connectivity index (χ2v) is 11.0. The largest absolute Gasteiger partial charge is 0.477 e. The molecule has 2 amide bonds. The first kappa shape index (κ1) is 27.7. The molecular formula is C20H26N10O5S3. The number of thioether (sulfide) groups is 2. The normalized spacial score (nSPS) is 23.4. The number of hydrogen-bond acceptors (Lipinski definition) is 15. The van der Waals surface area contributed by atoms with Crippen molar-refractivity contribution in [3.8, 4) is 0 Å². The highest BCUT2D eigenvalue weighted by molar-refractivity contribution is 8.14. The maximum absolute atomic E-state index is 13.0. The number of carbonyl (C=O) groups is 3. The van der Waals surface area contributed by atoms with Crippen LogP contribution in [0.4, 0.5) is 5.13 Å². The van der Waals surface area contributed by atoms with E-state index in [0.717, 1.165) is 18.0 Å². The highest BCUT2D eigenvalue weighted by Crippen LogP contribution is 2.41. The van der Waals surface area contributed by atoms with Crippen molar-refractivity contribution in [2.45, 2.75) is 30.9 Å². The van der Waals surface area contributed by atoms with Gasteiger partial charge in [0.2, 0.25) is 11.5 Å². The molecule has 3 aliphatic rings. The Bertz CT molecular complexity index is 1260. The van der Waals surface area contributed by atoms with Gasteiger partial charge in [-0.25, -0.2) is 9.79 Å². The van der Waals surface area contributed by atoms with E-state index in [2.05, 4.69) is 24.8 Å². The molecular weight excluding hydrogens is 556 g/mol. The molecule has 0 radical (unpaired) electrons. The summed E-state index contributed by atoms with van der Waals surface area (Å²) in [6.07, 6.45) is 2.05. The minimum absolute atomic E-state index is 0.0462. The van der Waals surface area contributed by atoms with Crippen LogP contribution < -0.4 is 22.5 Å². The first-order valence-corrected chi connectivity index (χ1v) is 14.1. The Morgan fingerprint density at radius 1 is 1.39 bits per heavy atom. The molecule has 1 aromatic rings. The summed E-state index contributed by atoms with van der Waals surface area (Å²) in [7, 11) is 1.25. The molecule has 8 N–H and O–H groups in total. The molecule has 0 aliphatic carbocycles. The van der Waals surface area contributed by atoms with Gasteiger partial charge in [0, 0.05) is 29.6 Å². The van der Waals surface area contributed by atoms with Crippen LogP contribution in [0.3, 0.4) is 0 Å². The number of carbonyl (C=O) groups excluding carboxylic acids is 2. The van der Waals surface area contributed by atoms with Crippen LogP contribution in [0.2, 0.25) is 0 Å². The molecule has 15 nitrogen and oxygen atoms in total. The number of anilines is 1. The molecule has 204 valence electrons. The van der Waals surface area contributed by atoms with Gasteiger partial charge in [0.05, 0.1) is 0 Å². The van der Waals surface area contributed by atoms with Crippen LogP contribution in [0.15, 0.2) is 33.3 Å². The van der Waals surface area contributed by atoms with Gasteiger partial charge in [-0.05, 0) is 18.1 Å². The number of rotatable bonds is 9. The van der Waals surface area contributed by atoms with Gasteiger partial charge in [0.1, 0.15) is 36.2 Å². The molecule has 2 unspecified atom stereocenters. The van der Waals surface area contributed by atoms with Crippen molar-refractivity contribution in [2.24, 2.45) is 21.6 Å². The van der Waals surface area contributed by atoms with E-state index < -0.39 is 35.4 Å². The lowest BCUT2D eigenvalue weighted by Gasteiger charge is -2.49. The Balaban J connectivity index is 1.49. The SMILES string of the molecule is CCCN1C(SCC2=C(C(=O)O)N3C(=O)C(NC(=O)/C(=N\OC)c4nsc(N)n4)[C@@H]3SC2)=NC(N)=CC1N. The number of aromatic nitrogens is 2. The van der Waals surface area contributed by atoms with E-state index >= 15 is 0 Å². The molecule has 38 heavy (non-hydrogen) atoms. The van der Waals surface area contributed by atoms with Crippen molar-refractivity contribution < 1.29 is 24.3 Å². The number of nitrogens with zero attached hydrogens (tertiary/aromatic N) is 6. The third kappa shape index (κ3) is 5.42. The summed E-state index contributed by atoms with van der Waals surface area (Å²) in [5.41, 5.74) is 17.8. The molecule has 0 spiro atoms.